The van der Waals surface area contributed by atoms with E-state index >= 15 is 0 Å². The first-order valence-electron chi connectivity index (χ1n) is 5.92. The molecule has 1 rings (SSSR count). The van der Waals surface area contributed by atoms with Crippen LogP contribution in [0.2, 0.25) is 0 Å². The van der Waals surface area contributed by atoms with Crippen molar-refractivity contribution in [2.75, 3.05) is 19.0 Å². The molecule has 6 nitrogen and oxygen atoms in total. The number of aryl methyl sites for hydroxylation is 1. The molecule has 0 spiro atoms. The minimum atomic E-state index is -0.560. The molecule has 0 radical (unpaired) electrons. The number of rotatable bonds is 6. The van der Waals surface area contributed by atoms with Crippen molar-refractivity contribution in [2.45, 2.75) is 32.8 Å². The van der Waals surface area contributed by atoms with Crippen molar-refractivity contribution < 1.29 is 14.6 Å². The Balaban J connectivity index is 2.65. The normalized spacial score (nSPS) is 12.0. The van der Waals surface area contributed by atoms with Gasteiger partial charge in [-0.2, -0.15) is 0 Å². The second-order valence-corrected chi connectivity index (χ2v) is 3.99. The van der Waals surface area contributed by atoms with Crippen LogP contribution in [0, 0.1) is 6.92 Å². The van der Waals surface area contributed by atoms with Gasteiger partial charge < -0.3 is 15.2 Å². The predicted octanol–water partition coefficient (Wildman–Crippen LogP) is 1.14. The number of anilines is 1. The van der Waals surface area contributed by atoms with Gasteiger partial charge in [0.1, 0.15) is 5.82 Å². The molecule has 1 aromatic heterocycles. The van der Waals surface area contributed by atoms with Crippen LogP contribution in [-0.4, -0.2) is 40.8 Å². The molecule has 1 unspecified atom stereocenters. The third-order valence-electron chi connectivity index (χ3n) is 2.48. The number of nitrogens with one attached hydrogen (secondary N) is 1. The maximum absolute atomic E-state index is 11.3. The molecule has 0 saturated carbocycles. The number of aliphatic hydroxyl groups is 1. The fourth-order valence-electron chi connectivity index (χ4n) is 1.41. The number of aliphatic hydroxyl groups excluding tert-OH is 1. The van der Waals surface area contributed by atoms with Gasteiger partial charge in [0, 0.05) is 18.3 Å². The van der Waals surface area contributed by atoms with Crippen LogP contribution in [0.1, 0.15) is 36.1 Å². The molecule has 1 aromatic rings. The lowest BCUT2D eigenvalue weighted by Gasteiger charge is -2.10. The summed E-state index contributed by atoms with van der Waals surface area (Å²) in [7, 11) is 1.29. The molecule has 0 saturated heterocycles. The second-order valence-electron chi connectivity index (χ2n) is 3.99. The van der Waals surface area contributed by atoms with Crippen molar-refractivity contribution in [3.8, 4) is 0 Å². The van der Waals surface area contributed by atoms with E-state index in [0.29, 0.717) is 24.5 Å². The van der Waals surface area contributed by atoms with Crippen LogP contribution in [0.5, 0.6) is 0 Å². The van der Waals surface area contributed by atoms with Crippen molar-refractivity contribution in [1.82, 2.24) is 9.97 Å². The number of carbonyl (C=O) groups is 1. The summed E-state index contributed by atoms with van der Waals surface area (Å²) in [5.41, 5.74) is 0.684. The summed E-state index contributed by atoms with van der Waals surface area (Å²) >= 11 is 0. The monoisotopic (exact) mass is 253 g/mol. The smallest absolute Gasteiger partial charge is 0.376 e. The number of esters is 1. The van der Waals surface area contributed by atoms with Gasteiger partial charge in [0.15, 0.2) is 0 Å². The van der Waals surface area contributed by atoms with Gasteiger partial charge in [0.05, 0.1) is 13.2 Å². The van der Waals surface area contributed by atoms with E-state index in [9.17, 15) is 9.90 Å². The minimum Gasteiger partial charge on any atom is -0.463 e. The molecule has 0 aliphatic heterocycles. The lowest BCUT2D eigenvalue weighted by Crippen LogP contribution is -2.15. The van der Waals surface area contributed by atoms with E-state index in [0.717, 1.165) is 6.42 Å². The fraction of sp³-hybridized carbons (Fsp3) is 0.583. The van der Waals surface area contributed by atoms with Crippen LogP contribution < -0.4 is 5.32 Å². The topological polar surface area (TPSA) is 84.3 Å². The summed E-state index contributed by atoms with van der Waals surface area (Å²) in [6.45, 7) is 4.29. The van der Waals surface area contributed by atoms with Gasteiger partial charge in [0.25, 0.3) is 0 Å². The average molecular weight is 253 g/mol. The Bertz CT molecular complexity index is 410. The van der Waals surface area contributed by atoms with Crippen LogP contribution in [0.15, 0.2) is 6.07 Å². The molecule has 0 aliphatic carbocycles. The molecule has 0 fully saturated rings. The zero-order valence-electron chi connectivity index (χ0n) is 10.9. The van der Waals surface area contributed by atoms with Gasteiger partial charge in [-0.15, -0.1) is 0 Å². The number of hydrogen-bond acceptors (Lipinski definition) is 6. The summed E-state index contributed by atoms with van der Waals surface area (Å²) in [5, 5.41) is 12.5. The summed E-state index contributed by atoms with van der Waals surface area (Å²) in [5.74, 6) is 0.0394. The van der Waals surface area contributed by atoms with Crippen LogP contribution in [-0.2, 0) is 4.74 Å². The Kier molecular flexibility index (Phi) is 5.51. The highest BCUT2D eigenvalue weighted by Gasteiger charge is 2.11. The van der Waals surface area contributed by atoms with Crippen LogP contribution in [0.3, 0.4) is 0 Å². The predicted molar refractivity (Wildman–Crippen MR) is 67.5 cm³/mol. The Morgan fingerprint density at radius 3 is 2.89 bits per heavy atom. The van der Waals surface area contributed by atoms with Gasteiger partial charge in [-0.3, -0.25) is 0 Å². The lowest BCUT2D eigenvalue weighted by molar-refractivity contribution is 0.0586. The molecular formula is C12H19N3O3. The van der Waals surface area contributed by atoms with Crippen LogP contribution in [0.4, 0.5) is 5.82 Å². The van der Waals surface area contributed by atoms with Gasteiger partial charge in [0.2, 0.25) is 5.82 Å². The first-order chi connectivity index (χ1) is 8.56. The average Bonchev–Trinajstić information content (AvgIpc) is 2.36. The Morgan fingerprint density at radius 2 is 2.28 bits per heavy atom. The highest BCUT2D eigenvalue weighted by atomic mass is 16.5. The Hall–Kier alpha value is -1.69. The SMILES string of the molecule is CCC(O)CCNc1cc(C)nc(C(=O)OC)n1. The van der Waals surface area contributed by atoms with Gasteiger partial charge >= 0.3 is 5.97 Å². The maximum Gasteiger partial charge on any atom is 0.376 e. The second kappa shape index (κ2) is 6.90. The fourth-order valence-corrected chi connectivity index (χ4v) is 1.41. The first-order valence-corrected chi connectivity index (χ1v) is 5.92. The molecule has 18 heavy (non-hydrogen) atoms. The summed E-state index contributed by atoms with van der Waals surface area (Å²) in [6, 6.07) is 1.74. The van der Waals surface area contributed by atoms with E-state index in [-0.39, 0.29) is 11.9 Å². The van der Waals surface area contributed by atoms with Crippen molar-refractivity contribution in [2.24, 2.45) is 0 Å². The molecule has 1 atom stereocenters. The third kappa shape index (κ3) is 4.29. The van der Waals surface area contributed by atoms with E-state index in [1.165, 1.54) is 7.11 Å². The molecule has 6 heteroatoms. The largest absolute Gasteiger partial charge is 0.463 e. The van der Waals surface area contributed by atoms with E-state index in [2.05, 4.69) is 20.0 Å². The highest BCUT2D eigenvalue weighted by molar-refractivity contribution is 5.85. The molecule has 0 aromatic carbocycles. The van der Waals surface area contributed by atoms with E-state index in [1.807, 2.05) is 6.92 Å². The maximum atomic E-state index is 11.3. The summed E-state index contributed by atoms with van der Waals surface area (Å²) in [4.78, 5) is 19.4. The number of hydrogen-bond donors (Lipinski definition) is 2. The molecule has 2 N–H and O–H groups in total. The number of ether oxygens (including phenoxy) is 1. The zero-order chi connectivity index (χ0) is 13.5. The van der Waals surface area contributed by atoms with Crippen molar-refractivity contribution in [1.29, 1.82) is 0 Å². The molecule has 100 valence electrons. The van der Waals surface area contributed by atoms with E-state index < -0.39 is 5.97 Å². The number of carbonyl (C=O) groups excluding carboxylic acids is 1. The van der Waals surface area contributed by atoms with Crippen LogP contribution in [0.25, 0.3) is 0 Å². The van der Waals surface area contributed by atoms with Gasteiger partial charge in [-0.1, -0.05) is 6.92 Å². The molecule has 0 amide bonds. The van der Waals surface area contributed by atoms with Crippen molar-refractivity contribution in [3.05, 3.63) is 17.6 Å². The van der Waals surface area contributed by atoms with Gasteiger partial charge in [-0.05, 0) is 19.8 Å². The van der Waals surface area contributed by atoms with Gasteiger partial charge in [-0.25, -0.2) is 14.8 Å². The molecular weight excluding hydrogens is 234 g/mol. The standard InChI is InChI=1S/C12H19N3O3/c1-4-9(16)5-6-13-10-7-8(2)14-11(15-10)12(17)18-3/h7,9,16H,4-6H2,1-3H3,(H,13,14,15). The number of aromatic nitrogens is 2. The van der Waals surface area contributed by atoms with E-state index in [1.54, 1.807) is 13.0 Å². The quantitative estimate of drug-likeness (QED) is 0.740. The molecule has 0 aliphatic rings. The minimum absolute atomic E-state index is 0.0380. The molecule has 1 heterocycles. The number of methoxy groups -OCH3 is 1. The van der Waals surface area contributed by atoms with Crippen molar-refractivity contribution >= 4 is 11.8 Å². The highest BCUT2D eigenvalue weighted by Crippen LogP contribution is 2.07. The Labute approximate surface area is 106 Å². The summed E-state index contributed by atoms with van der Waals surface area (Å²) < 4.78 is 4.57. The number of nitrogens with zero attached hydrogens (tertiary/aromatic N) is 2. The lowest BCUT2D eigenvalue weighted by atomic mass is 10.2. The van der Waals surface area contributed by atoms with E-state index in [4.69, 9.17) is 0 Å². The van der Waals surface area contributed by atoms with Crippen molar-refractivity contribution in [3.63, 3.8) is 0 Å². The zero-order valence-corrected chi connectivity index (χ0v) is 10.9. The summed E-state index contributed by atoms with van der Waals surface area (Å²) in [6.07, 6.45) is 1.03. The Morgan fingerprint density at radius 1 is 1.56 bits per heavy atom. The van der Waals surface area contributed by atoms with Crippen LogP contribution >= 0.6 is 0 Å². The molecule has 0 bridgehead atoms. The third-order valence-corrected chi connectivity index (χ3v) is 2.48. The first kappa shape index (κ1) is 14.4.